The molecule has 0 aliphatic carbocycles. The fourth-order valence-corrected chi connectivity index (χ4v) is 0.380. The molecule has 0 atom stereocenters. The molecule has 0 aliphatic rings. The number of ketones is 1. The number of rotatable bonds is 4. The molecule has 7 nitrogen and oxygen atoms in total. The van der Waals surface area contributed by atoms with E-state index in [0.717, 1.165) is 0 Å². The maximum atomic E-state index is 10.3. The van der Waals surface area contributed by atoms with E-state index < -0.39 is 0 Å². The Morgan fingerprint density at radius 3 is 1.47 bits per heavy atom. The summed E-state index contributed by atoms with van der Waals surface area (Å²) in [5.41, 5.74) is 0. The molecular weight excluding hydrogens is 300 g/mol. The molecule has 0 aromatic carbocycles. The van der Waals surface area contributed by atoms with Crippen molar-refractivity contribution in [1.82, 2.24) is 0 Å². The van der Waals surface area contributed by atoms with Gasteiger partial charge in [-0.15, -0.1) is 0 Å². The molecule has 0 heterocycles. The molecule has 0 saturated carbocycles. The van der Waals surface area contributed by atoms with E-state index in [1.54, 1.807) is 0 Å². The van der Waals surface area contributed by atoms with E-state index in [-0.39, 0.29) is 35.4 Å². The molecule has 0 unspecified atom stereocenters. The molecule has 0 aromatic rings. The monoisotopic (exact) mass is 310 g/mol. The first-order valence-corrected chi connectivity index (χ1v) is 3.75. The zero-order valence-corrected chi connectivity index (χ0v) is 11.2. The molecule has 0 fully saturated rings. The quantitative estimate of drug-likeness (QED) is 0.245. The van der Waals surface area contributed by atoms with Gasteiger partial charge in [-0.3, -0.25) is 9.59 Å². The van der Waals surface area contributed by atoms with Gasteiger partial charge in [0.05, 0.1) is 6.61 Å². The minimum atomic E-state index is -0.340. The van der Waals surface area contributed by atoms with Gasteiger partial charge in [-0.25, -0.2) is 0 Å². The van der Waals surface area contributed by atoms with Crippen molar-refractivity contribution in [1.29, 1.82) is 0 Å². The van der Waals surface area contributed by atoms with Crippen LogP contribution in [0.1, 0.15) is 13.8 Å². The van der Waals surface area contributed by atoms with Gasteiger partial charge in [0.15, 0.2) is 0 Å². The standard InChI is InChI=1S/C7H10O3.4CO.Fe/c1-6(8)4-3-5-10-7(2)9;4*1-2;/h3-4H,5H2,1-2H3;;;;;. The van der Waals surface area contributed by atoms with E-state index in [2.05, 4.69) is 31.3 Å². The Morgan fingerprint density at radius 1 is 0.947 bits per heavy atom. The predicted molar refractivity (Wildman–Crippen MR) is 51.6 cm³/mol. The average Bonchev–Trinajstić information content (AvgIpc) is 2.43. The minimum absolute atomic E-state index is 0. The molecular formula is C11H10FeO7. The van der Waals surface area contributed by atoms with Gasteiger partial charge in [0.25, 0.3) is 0 Å². The van der Waals surface area contributed by atoms with Gasteiger partial charge in [0.1, 0.15) is 5.78 Å². The summed E-state index contributed by atoms with van der Waals surface area (Å²) in [6.07, 6.45) is 2.87. The van der Waals surface area contributed by atoms with Gasteiger partial charge in [-0.1, -0.05) is 0 Å². The van der Waals surface area contributed by atoms with Crippen molar-refractivity contribution < 1.29 is 50.0 Å². The first-order chi connectivity index (χ1) is 8.63. The van der Waals surface area contributed by atoms with E-state index in [0.29, 0.717) is 0 Å². The van der Waals surface area contributed by atoms with Gasteiger partial charge in [-0.05, 0) is 6.92 Å². The first-order valence-electron chi connectivity index (χ1n) is 3.75. The van der Waals surface area contributed by atoms with Gasteiger partial charge >= 0.3 is 51.2 Å². The molecule has 0 rings (SSSR count). The normalized spacial score (nSPS) is 5.16. The maximum Gasteiger partial charge on any atom is 0 e. The molecule has 0 aliphatic heterocycles. The van der Waals surface area contributed by atoms with Gasteiger partial charge in [0, 0.05) is 36.8 Å². The van der Waals surface area contributed by atoms with E-state index >= 15 is 0 Å². The van der Waals surface area contributed by atoms with Gasteiger partial charge in [0.2, 0.25) is 0 Å². The number of hydrogen-bond acceptors (Lipinski definition) is 3. The van der Waals surface area contributed by atoms with Crippen LogP contribution in [-0.4, -0.2) is 18.4 Å². The third kappa shape index (κ3) is 112. The molecule has 0 saturated heterocycles. The number of hydrogen-bond donors (Lipinski definition) is 0. The van der Waals surface area contributed by atoms with Crippen LogP contribution in [-0.2, 0) is 50.0 Å². The Labute approximate surface area is 122 Å². The summed E-state index contributed by atoms with van der Waals surface area (Å²) in [5.74, 6) is -0.389. The molecule has 0 bridgehead atoms. The van der Waals surface area contributed by atoms with Crippen molar-refractivity contribution in [2.24, 2.45) is 0 Å². The number of ether oxygens (including phenoxy) is 1. The van der Waals surface area contributed by atoms with Gasteiger partial charge in [-0.2, -0.15) is 0 Å². The van der Waals surface area contributed by atoms with Crippen molar-refractivity contribution in [3.63, 3.8) is 0 Å². The van der Waals surface area contributed by atoms with E-state index in [1.807, 2.05) is 0 Å². The Morgan fingerprint density at radius 2 is 1.26 bits per heavy atom. The van der Waals surface area contributed by atoms with Crippen LogP contribution in [0.15, 0.2) is 0 Å². The molecule has 0 aromatic heterocycles. The van der Waals surface area contributed by atoms with Crippen molar-refractivity contribution in [3.05, 3.63) is 39.4 Å². The first kappa shape index (κ1) is 36.0. The summed E-state index contributed by atoms with van der Waals surface area (Å²) >= 11 is 0. The summed E-state index contributed by atoms with van der Waals surface area (Å²) in [4.78, 5) is 20.4. The number of carbonyl (C=O) groups excluding carboxylic acids is 2. The summed E-state index contributed by atoms with van der Waals surface area (Å²) in [7, 11) is 0. The van der Waals surface area contributed by atoms with Crippen molar-refractivity contribution >= 4 is 11.8 Å². The molecule has 8 heteroatoms. The third-order valence-corrected chi connectivity index (χ3v) is 0.735. The second-order valence-electron chi connectivity index (χ2n) is 1.82. The van der Waals surface area contributed by atoms with Crippen LogP contribution in [0, 0.1) is 39.4 Å². The summed E-state index contributed by atoms with van der Waals surface area (Å²) < 4.78 is 34.5. The van der Waals surface area contributed by atoms with Crippen LogP contribution in [0.3, 0.4) is 0 Å². The molecule has 19 heavy (non-hydrogen) atoms. The minimum Gasteiger partial charge on any atom is 0 e. The Kier molecular flexibility index (Phi) is 104. The Hall–Kier alpha value is -1.38. The SMILES string of the molecule is CC(=O)[CH][CH]COC(C)=O.[C-]#[O+].[C-]#[O+].[C-]#[O+].[C-]#[O+].[Fe]. The maximum absolute atomic E-state index is 10.3. The van der Waals surface area contributed by atoms with Gasteiger partial charge < -0.3 is 4.74 Å². The number of Topliss-reactive ketones (excluding diaryl/α,β-unsaturated/α-hetero) is 1. The fourth-order valence-electron chi connectivity index (χ4n) is 0.380. The van der Waals surface area contributed by atoms with Crippen LogP contribution in [0.5, 0.6) is 0 Å². The summed E-state index contributed by atoms with van der Waals surface area (Å²) in [6.45, 7) is 20.9. The largest absolute Gasteiger partial charge is 0 e. The third-order valence-electron chi connectivity index (χ3n) is 0.735. The Bertz CT molecular complexity index is 225. The van der Waals surface area contributed by atoms with Crippen molar-refractivity contribution in [2.75, 3.05) is 6.61 Å². The average molecular weight is 310 g/mol. The molecule has 0 amide bonds. The smallest absolute Gasteiger partial charge is 0 e. The molecule has 104 valence electrons. The second-order valence-corrected chi connectivity index (χ2v) is 1.82. The van der Waals surface area contributed by atoms with Crippen molar-refractivity contribution in [3.8, 4) is 0 Å². The molecule has 2 radical (unpaired) electrons. The van der Waals surface area contributed by atoms with Crippen LogP contribution in [0.4, 0.5) is 0 Å². The topological polar surface area (TPSA) is 123 Å². The predicted octanol–water partition coefficient (Wildman–Crippen LogP) is 0.395. The zero-order valence-electron chi connectivity index (χ0n) is 10.1. The zero-order chi connectivity index (χ0) is 16.0. The number of carbonyl (C=O) groups is 2. The second kappa shape index (κ2) is 54.6. The van der Waals surface area contributed by atoms with Crippen molar-refractivity contribution in [2.45, 2.75) is 13.8 Å². The van der Waals surface area contributed by atoms with E-state index in [9.17, 15) is 9.59 Å². The van der Waals surface area contributed by atoms with Crippen LogP contribution >= 0.6 is 0 Å². The number of esters is 1. The summed E-state index contributed by atoms with van der Waals surface area (Å²) in [5, 5.41) is 0. The summed E-state index contributed by atoms with van der Waals surface area (Å²) in [6, 6.07) is 0. The fraction of sp³-hybridized carbons (Fsp3) is 0.273. The van der Waals surface area contributed by atoms with Crippen LogP contribution < -0.4 is 0 Å². The molecule has 0 spiro atoms. The van der Waals surface area contributed by atoms with E-state index in [4.69, 9.17) is 18.6 Å². The van der Waals surface area contributed by atoms with Crippen LogP contribution in [0.25, 0.3) is 0 Å². The van der Waals surface area contributed by atoms with Crippen LogP contribution in [0.2, 0.25) is 0 Å². The van der Waals surface area contributed by atoms with E-state index in [1.165, 1.54) is 26.7 Å². The Balaban J connectivity index is -0.0000000401. The molecule has 0 N–H and O–H groups in total.